The van der Waals surface area contributed by atoms with E-state index in [0.29, 0.717) is 0 Å². The second-order valence-corrected chi connectivity index (χ2v) is 9.15. The van der Waals surface area contributed by atoms with Crippen LogP contribution < -0.4 is 0 Å². The molecule has 0 N–H and O–H groups in total. The fraction of sp³-hybridized carbons (Fsp3) is 0.500. The summed E-state index contributed by atoms with van der Waals surface area (Å²) in [6.07, 6.45) is 14.7. The van der Waals surface area contributed by atoms with Crippen LogP contribution in [0.3, 0.4) is 0 Å². The Morgan fingerprint density at radius 2 is 1.69 bits per heavy atom. The van der Waals surface area contributed by atoms with Crippen LogP contribution in [-0.2, 0) is 12.8 Å². The fourth-order valence-corrected chi connectivity index (χ4v) is 5.31. The van der Waals surface area contributed by atoms with Crippen LogP contribution in [0.15, 0.2) is 36.4 Å². The van der Waals surface area contributed by atoms with Gasteiger partial charge in [-0.15, -0.1) is 0 Å². The van der Waals surface area contributed by atoms with Gasteiger partial charge in [-0.1, -0.05) is 69.5 Å². The van der Waals surface area contributed by atoms with Crippen molar-refractivity contribution in [1.82, 2.24) is 0 Å². The molecule has 0 unspecified atom stereocenters. The summed E-state index contributed by atoms with van der Waals surface area (Å²) in [5, 5.41) is 0. The van der Waals surface area contributed by atoms with Gasteiger partial charge in [0.05, 0.1) is 0 Å². The summed E-state index contributed by atoms with van der Waals surface area (Å²) in [5.74, 6) is 1.64. The van der Waals surface area contributed by atoms with Crippen LogP contribution in [-0.4, -0.2) is 0 Å². The first-order valence-corrected chi connectivity index (χ1v) is 11.8. The molecule has 0 spiro atoms. The zero-order valence-electron chi connectivity index (χ0n) is 18.1. The molecule has 0 amide bonds. The van der Waals surface area contributed by atoms with Crippen molar-refractivity contribution < 1.29 is 4.39 Å². The minimum absolute atomic E-state index is 0.0614. The van der Waals surface area contributed by atoms with Crippen LogP contribution in [0.5, 0.6) is 0 Å². The predicted octanol–water partition coefficient (Wildman–Crippen LogP) is 8.34. The average Bonchev–Trinajstić information content (AvgIpc) is 2.77. The molecule has 1 saturated carbocycles. The van der Waals surface area contributed by atoms with Crippen LogP contribution in [0, 0.1) is 11.7 Å². The first-order chi connectivity index (χ1) is 14.2. The third-order valence-corrected chi connectivity index (χ3v) is 7.25. The lowest BCUT2D eigenvalue weighted by Gasteiger charge is -2.29. The molecule has 0 atom stereocenters. The summed E-state index contributed by atoms with van der Waals surface area (Å²) in [4.78, 5) is 0. The normalized spacial score (nSPS) is 21.6. The summed E-state index contributed by atoms with van der Waals surface area (Å²) in [6, 6.07) is 13.1. The van der Waals surface area contributed by atoms with Gasteiger partial charge in [-0.2, -0.15) is 0 Å². The molecule has 0 radical (unpaired) electrons. The van der Waals surface area contributed by atoms with Crippen molar-refractivity contribution in [3.63, 3.8) is 0 Å². The molecule has 2 aromatic carbocycles. The van der Waals surface area contributed by atoms with E-state index in [1.807, 2.05) is 6.92 Å². The van der Waals surface area contributed by atoms with E-state index in [4.69, 9.17) is 0 Å². The van der Waals surface area contributed by atoms with Gasteiger partial charge in [0.25, 0.3) is 0 Å². The van der Waals surface area contributed by atoms with E-state index in [9.17, 15) is 4.39 Å². The lowest BCUT2D eigenvalue weighted by Crippen LogP contribution is -2.13. The Kier molecular flexibility index (Phi) is 6.53. The van der Waals surface area contributed by atoms with Crippen molar-refractivity contribution >= 4 is 11.6 Å². The minimum atomic E-state index is -0.0614. The second-order valence-electron chi connectivity index (χ2n) is 9.15. The Morgan fingerprint density at radius 3 is 2.38 bits per heavy atom. The Morgan fingerprint density at radius 1 is 0.931 bits per heavy atom. The van der Waals surface area contributed by atoms with E-state index in [1.54, 1.807) is 6.07 Å². The van der Waals surface area contributed by atoms with Gasteiger partial charge < -0.3 is 0 Å². The molecule has 0 aliphatic heterocycles. The maximum atomic E-state index is 14.2. The zero-order valence-corrected chi connectivity index (χ0v) is 18.1. The minimum Gasteiger partial charge on any atom is -0.207 e. The van der Waals surface area contributed by atoms with Gasteiger partial charge in [0.15, 0.2) is 0 Å². The van der Waals surface area contributed by atoms with Crippen molar-refractivity contribution in [1.29, 1.82) is 0 Å². The number of fused-ring (bicyclic) bond motifs is 1. The van der Waals surface area contributed by atoms with E-state index in [0.717, 1.165) is 42.2 Å². The van der Waals surface area contributed by atoms with Gasteiger partial charge in [-0.25, -0.2) is 4.39 Å². The van der Waals surface area contributed by atoms with Crippen molar-refractivity contribution in [3.8, 4) is 0 Å². The summed E-state index contributed by atoms with van der Waals surface area (Å²) in [6.45, 7) is 4.32. The molecule has 1 heteroatoms. The van der Waals surface area contributed by atoms with Gasteiger partial charge >= 0.3 is 0 Å². The number of unbranched alkanes of at least 4 members (excludes halogenated alkanes) is 1. The first kappa shape index (κ1) is 20.4. The third kappa shape index (κ3) is 4.65. The monoisotopic (exact) mass is 390 g/mol. The van der Waals surface area contributed by atoms with Crippen molar-refractivity contribution in [2.75, 3.05) is 0 Å². The molecule has 29 heavy (non-hydrogen) atoms. The molecule has 2 aromatic rings. The second kappa shape index (κ2) is 9.28. The van der Waals surface area contributed by atoms with E-state index in [1.165, 1.54) is 67.2 Å². The number of rotatable bonds is 6. The molecule has 2 aliphatic carbocycles. The van der Waals surface area contributed by atoms with Crippen molar-refractivity contribution in [2.45, 2.75) is 84.0 Å². The van der Waals surface area contributed by atoms with Crippen molar-refractivity contribution in [3.05, 3.63) is 70.0 Å². The van der Waals surface area contributed by atoms with Crippen LogP contribution in [0.2, 0.25) is 0 Å². The topological polar surface area (TPSA) is 0 Å². The van der Waals surface area contributed by atoms with Crippen molar-refractivity contribution in [2.24, 2.45) is 5.92 Å². The van der Waals surface area contributed by atoms with Crippen LogP contribution in [0.1, 0.15) is 98.9 Å². The predicted molar refractivity (Wildman–Crippen MR) is 123 cm³/mol. The smallest absolute Gasteiger partial charge is 0.127 e. The highest BCUT2D eigenvalue weighted by Gasteiger charge is 2.22. The number of allylic oxidation sites excluding steroid dienone is 1. The van der Waals surface area contributed by atoms with E-state index in [-0.39, 0.29) is 5.82 Å². The molecule has 0 nitrogen and oxygen atoms in total. The molecule has 0 saturated heterocycles. The molecule has 0 bridgehead atoms. The highest BCUT2D eigenvalue weighted by molar-refractivity contribution is 5.84. The molecular weight excluding hydrogens is 355 g/mol. The molecule has 0 heterocycles. The summed E-state index contributed by atoms with van der Waals surface area (Å²) < 4.78 is 14.2. The molecular formula is C28H35F. The highest BCUT2D eigenvalue weighted by atomic mass is 19.1. The largest absolute Gasteiger partial charge is 0.207 e. The first-order valence-electron chi connectivity index (χ1n) is 11.8. The summed E-state index contributed by atoms with van der Waals surface area (Å²) in [7, 11) is 0. The van der Waals surface area contributed by atoms with Gasteiger partial charge in [-0.3, -0.25) is 0 Å². The zero-order chi connectivity index (χ0) is 20.2. The van der Waals surface area contributed by atoms with E-state index in [2.05, 4.69) is 43.3 Å². The van der Waals surface area contributed by atoms with Gasteiger partial charge in [0, 0.05) is 0 Å². The lowest BCUT2D eigenvalue weighted by atomic mass is 9.77. The molecule has 154 valence electrons. The quantitative estimate of drug-likeness (QED) is 0.465. The number of halogens is 1. The fourth-order valence-electron chi connectivity index (χ4n) is 5.31. The number of hydrogen-bond acceptors (Lipinski definition) is 0. The lowest BCUT2D eigenvalue weighted by molar-refractivity contribution is 0.304. The molecule has 1 fully saturated rings. The maximum absolute atomic E-state index is 14.2. The summed E-state index contributed by atoms with van der Waals surface area (Å²) in [5.41, 5.74) is 7.36. The summed E-state index contributed by atoms with van der Waals surface area (Å²) >= 11 is 0. The van der Waals surface area contributed by atoms with Gasteiger partial charge in [-0.05, 0) is 96.2 Å². The van der Waals surface area contributed by atoms with E-state index < -0.39 is 0 Å². The molecule has 4 rings (SSSR count). The van der Waals surface area contributed by atoms with Crippen LogP contribution in [0.4, 0.5) is 4.39 Å². The Hall–Kier alpha value is -1.89. The molecule has 2 aliphatic rings. The Bertz CT molecular complexity index is 851. The Balaban J connectivity index is 1.44. The third-order valence-electron chi connectivity index (χ3n) is 7.25. The number of hydrogen-bond donors (Lipinski definition) is 0. The highest BCUT2D eigenvalue weighted by Crippen LogP contribution is 2.38. The molecule has 0 aromatic heterocycles. The average molecular weight is 391 g/mol. The standard InChI is InChI=1S/C28H35F/c1-3-5-6-20-7-9-22(10-8-20)23-11-13-24(14-12-23)25-15-16-26-17-21(4-2)28(29)19-27(26)18-25/h11-14,17-20,22H,3-10,15-16H2,1-2H3. The Labute approximate surface area is 176 Å². The number of aryl methyl sites for hydroxylation is 2. The van der Waals surface area contributed by atoms with Gasteiger partial charge in [0.1, 0.15) is 5.82 Å². The number of benzene rings is 2. The maximum Gasteiger partial charge on any atom is 0.127 e. The van der Waals surface area contributed by atoms with Gasteiger partial charge in [0.2, 0.25) is 0 Å². The van der Waals surface area contributed by atoms with E-state index >= 15 is 0 Å². The van der Waals surface area contributed by atoms with Crippen LogP contribution in [0.25, 0.3) is 11.6 Å². The SMILES string of the molecule is CCCCC1CCC(c2ccc(C3=Cc4cc(F)c(CC)cc4CC3)cc2)CC1. The van der Waals surface area contributed by atoms with Crippen LogP contribution >= 0.6 is 0 Å².